The van der Waals surface area contributed by atoms with Gasteiger partial charge in [-0.15, -0.1) is 24.0 Å². The Balaban J connectivity index is 0.00000385. The smallest absolute Gasteiger partial charge is 0.191 e. The van der Waals surface area contributed by atoms with Gasteiger partial charge in [0.05, 0.1) is 39.5 Å². The molecule has 0 bridgehead atoms. The molecule has 2 aliphatic heterocycles. The van der Waals surface area contributed by atoms with Gasteiger partial charge in [0.15, 0.2) is 5.96 Å². The lowest BCUT2D eigenvalue weighted by Crippen LogP contribution is -2.46. The molecule has 33 heavy (non-hydrogen) atoms. The summed E-state index contributed by atoms with van der Waals surface area (Å²) in [7, 11) is 3.47. The van der Waals surface area contributed by atoms with Gasteiger partial charge in [0.25, 0.3) is 0 Å². The third-order valence-corrected chi connectivity index (χ3v) is 6.34. The molecule has 2 atom stereocenters. The van der Waals surface area contributed by atoms with E-state index in [1.165, 1.54) is 18.4 Å². The first-order valence-electron chi connectivity index (χ1n) is 12.0. The first-order valence-corrected chi connectivity index (χ1v) is 12.0. The van der Waals surface area contributed by atoms with Gasteiger partial charge in [0, 0.05) is 45.9 Å². The quantitative estimate of drug-likeness (QED) is 0.239. The van der Waals surface area contributed by atoms with Crippen LogP contribution in [0.2, 0.25) is 0 Å². The predicted octanol–water partition coefficient (Wildman–Crippen LogP) is 2.35. The van der Waals surface area contributed by atoms with Crippen molar-refractivity contribution in [3.8, 4) is 5.75 Å². The van der Waals surface area contributed by atoms with Gasteiger partial charge in [-0.25, -0.2) is 0 Å². The van der Waals surface area contributed by atoms with Crippen LogP contribution in [0.1, 0.15) is 31.4 Å². The van der Waals surface area contributed by atoms with Crippen LogP contribution in [0.3, 0.4) is 0 Å². The predicted molar refractivity (Wildman–Crippen MR) is 144 cm³/mol. The maximum Gasteiger partial charge on any atom is 0.191 e. The van der Waals surface area contributed by atoms with Crippen LogP contribution in [0, 0.1) is 0 Å². The Kier molecular flexibility index (Phi) is 13.4. The van der Waals surface area contributed by atoms with Crippen LogP contribution in [-0.4, -0.2) is 102 Å². The average molecular weight is 576 g/mol. The minimum absolute atomic E-state index is 0. The largest absolute Gasteiger partial charge is 0.497 e. The maximum absolute atomic E-state index is 5.58. The van der Waals surface area contributed by atoms with E-state index in [-0.39, 0.29) is 30.0 Å². The van der Waals surface area contributed by atoms with Crippen LogP contribution in [0.15, 0.2) is 29.3 Å². The molecule has 0 amide bonds. The molecule has 9 heteroatoms. The molecular weight excluding hydrogens is 533 g/mol. The summed E-state index contributed by atoms with van der Waals surface area (Å²) >= 11 is 0. The van der Waals surface area contributed by atoms with Gasteiger partial charge in [-0.05, 0) is 44.0 Å². The fourth-order valence-corrected chi connectivity index (χ4v) is 4.51. The fourth-order valence-electron chi connectivity index (χ4n) is 4.51. The van der Waals surface area contributed by atoms with Gasteiger partial charge in [0.2, 0.25) is 0 Å². The number of nitrogens with one attached hydrogen (secondary N) is 2. The zero-order chi connectivity index (χ0) is 22.6. The monoisotopic (exact) mass is 575 g/mol. The van der Waals surface area contributed by atoms with E-state index in [4.69, 9.17) is 19.2 Å². The molecule has 2 aliphatic rings. The molecule has 8 nitrogen and oxygen atoms in total. The standard InChI is InChI=1S/C24H41N5O3.HI/c1-4-25-24(26-18-21-6-5-11-28(21)12-15-30-2)27-19-23(29-13-16-32-17-14-29)20-7-9-22(31-3)10-8-20;/h7-10,21,23H,4-6,11-19H2,1-3H3,(H2,25,26,27);1H. The van der Waals surface area contributed by atoms with E-state index in [1.54, 1.807) is 14.2 Å². The second kappa shape index (κ2) is 15.7. The van der Waals surface area contributed by atoms with E-state index in [2.05, 4.69) is 39.5 Å². The van der Waals surface area contributed by atoms with E-state index in [1.807, 2.05) is 12.1 Å². The summed E-state index contributed by atoms with van der Waals surface area (Å²) in [6.07, 6.45) is 2.47. The van der Waals surface area contributed by atoms with Crippen molar-refractivity contribution in [2.24, 2.45) is 4.99 Å². The lowest BCUT2D eigenvalue weighted by atomic mass is 10.0. The summed E-state index contributed by atoms with van der Waals surface area (Å²) < 4.78 is 16.2. The fraction of sp³-hybridized carbons (Fsp3) is 0.708. The van der Waals surface area contributed by atoms with Crippen molar-refractivity contribution >= 4 is 29.9 Å². The van der Waals surface area contributed by atoms with Gasteiger partial charge in [0.1, 0.15) is 5.75 Å². The van der Waals surface area contributed by atoms with Crippen molar-refractivity contribution in [2.45, 2.75) is 31.8 Å². The highest BCUT2D eigenvalue weighted by Gasteiger charge is 2.25. The lowest BCUT2D eigenvalue weighted by Gasteiger charge is -2.34. The Morgan fingerprint density at radius 3 is 2.58 bits per heavy atom. The molecule has 0 saturated carbocycles. The van der Waals surface area contributed by atoms with Gasteiger partial charge in [-0.2, -0.15) is 0 Å². The molecule has 2 unspecified atom stereocenters. The Hall–Kier alpha value is -1.14. The molecular formula is C24H42IN5O3. The van der Waals surface area contributed by atoms with Crippen molar-refractivity contribution in [3.05, 3.63) is 29.8 Å². The number of morpholine rings is 1. The van der Waals surface area contributed by atoms with Crippen LogP contribution in [0.4, 0.5) is 0 Å². The van der Waals surface area contributed by atoms with Crippen LogP contribution >= 0.6 is 24.0 Å². The Labute approximate surface area is 216 Å². The van der Waals surface area contributed by atoms with E-state index in [0.29, 0.717) is 12.6 Å². The maximum atomic E-state index is 5.58. The minimum atomic E-state index is 0. The number of rotatable bonds is 11. The molecule has 188 valence electrons. The van der Waals surface area contributed by atoms with Gasteiger partial charge in [-0.1, -0.05) is 12.1 Å². The molecule has 0 aliphatic carbocycles. The van der Waals surface area contributed by atoms with Crippen molar-refractivity contribution in [3.63, 3.8) is 0 Å². The topological polar surface area (TPSA) is 70.6 Å². The molecule has 2 fully saturated rings. The summed E-state index contributed by atoms with van der Waals surface area (Å²) in [5.41, 5.74) is 1.26. The van der Waals surface area contributed by atoms with Gasteiger partial charge in [-0.3, -0.25) is 14.8 Å². The minimum Gasteiger partial charge on any atom is -0.497 e. The molecule has 1 aromatic rings. The van der Waals surface area contributed by atoms with Gasteiger partial charge < -0.3 is 24.8 Å². The molecule has 2 N–H and O–H groups in total. The third kappa shape index (κ3) is 8.86. The number of ether oxygens (including phenoxy) is 3. The molecule has 0 radical (unpaired) electrons. The van der Waals surface area contributed by atoms with E-state index in [9.17, 15) is 0 Å². The first-order chi connectivity index (χ1) is 15.7. The van der Waals surface area contributed by atoms with Crippen molar-refractivity contribution in [1.29, 1.82) is 0 Å². The zero-order valence-corrected chi connectivity index (χ0v) is 22.8. The number of benzene rings is 1. The Morgan fingerprint density at radius 2 is 1.91 bits per heavy atom. The molecule has 3 rings (SSSR count). The second-order valence-electron chi connectivity index (χ2n) is 8.36. The van der Waals surface area contributed by atoms with Gasteiger partial charge >= 0.3 is 0 Å². The zero-order valence-electron chi connectivity index (χ0n) is 20.4. The summed E-state index contributed by atoms with van der Waals surface area (Å²) in [6.45, 7) is 10.9. The van der Waals surface area contributed by atoms with Crippen molar-refractivity contribution in [2.75, 3.05) is 79.9 Å². The Bertz CT molecular complexity index is 685. The number of hydrogen-bond donors (Lipinski definition) is 2. The lowest BCUT2D eigenvalue weighted by molar-refractivity contribution is 0.0179. The summed E-state index contributed by atoms with van der Waals surface area (Å²) in [6, 6.07) is 9.12. The molecule has 1 aromatic carbocycles. The molecule has 0 aromatic heterocycles. The van der Waals surface area contributed by atoms with E-state index < -0.39 is 0 Å². The SMILES string of the molecule is CCNC(=NCC(c1ccc(OC)cc1)N1CCOCC1)NCC1CCCN1CCOC.I. The third-order valence-electron chi connectivity index (χ3n) is 6.34. The number of methoxy groups -OCH3 is 2. The highest BCUT2D eigenvalue weighted by atomic mass is 127. The normalized spacial score (nSPS) is 20.8. The second-order valence-corrected chi connectivity index (χ2v) is 8.36. The summed E-state index contributed by atoms with van der Waals surface area (Å²) in [4.78, 5) is 9.99. The van der Waals surface area contributed by atoms with Crippen LogP contribution in [0.25, 0.3) is 0 Å². The number of aliphatic imine (C=N–C) groups is 1. The molecule has 0 spiro atoms. The number of guanidine groups is 1. The highest BCUT2D eigenvalue weighted by molar-refractivity contribution is 14.0. The summed E-state index contributed by atoms with van der Waals surface area (Å²) in [5.74, 6) is 1.76. The average Bonchev–Trinajstić information content (AvgIpc) is 3.29. The number of nitrogens with zero attached hydrogens (tertiary/aromatic N) is 3. The van der Waals surface area contributed by atoms with Crippen LogP contribution in [-0.2, 0) is 9.47 Å². The molecule has 2 heterocycles. The molecule has 2 saturated heterocycles. The highest BCUT2D eigenvalue weighted by Crippen LogP contribution is 2.24. The van der Waals surface area contributed by atoms with Crippen molar-refractivity contribution < 1.29 is 14.2 Å². The first kappa shape index (κ1) is 28.1. The van der Waals surface area contributed by atoms with Crippen LogP contribution in [0.5, 0.6) is 5.75 Å². The Morgan fingerprint density at radius 1 is 1.15 bits per heavy atom. The van der Waals surface area contributed by atoms with E-state index >= 15 is 0 Å². The summed E-state index contributed by atoms with van der Waals surface area (Å²) in [5, 5.41) is 7.02. The number of likely N-dealkylation sites (tertiary alicyclic amines) is 1. The number of hydrogen-bond acceptors (Lipinski definition) is 6. The van der Waals surface area contributed by atoms with Crippen molar-refractivity contribution in [1.82, 2.24) is 20.4 Å². The van der Waals surface area contributed by atoms with E-state index in [0.717, 1.165) is 70.8 Å². The van der Waals surface area contributed by atoms with Crippen LogP contribution < -0.4 is 15.4 Å². The number of halogens is 1.